The number of ether oxygens (including phenoxy) is 1. The smallest absolute Gasteiger partial charge is 0.339 e. The molecule has 0 atom stereocenters. The Morgan fingerprint density at radius 2 is 2.25 bits per heavy atom. The highest BCUT2D eigenvalue weighted by Crippen LogP contribution is 2.30. The van der Waals surface area contributed by atoms with Crippen LogP contribution in [-0.2, 0) is 0 Å². The summed E-state index contributed by atoms with van der Waals surface area (Å²) in [5.41, 5.74) is -0.851. The molecule has 1 aromatic rings. The van der Waals surface area contributed by atoms with Crippen molar-refractivity contribution in [1.29, 1.82) is 0 Å². The Bertz CT molecular complexity index is 388. The van der Waals surface area contributed by atoms with Crippen molar-refractivity contribution in [3.8, 4) is 5.75 Å². The molecule has 0 saturated carbocycles. The van der Waals surface area contributed by atoms with Gasteiger partial charge in [0, 0.05) is 6.07 Å². The molecule has 0 aliphatic rings. The number of hydrogen-bond donors (Lipinski definition) is 1. The van der Waals surface area contributed by atoms with E-state index in [0.717, 1.165) is 12.1 Å². The fourth-order valence-corrected chi connectivity index (χ4v) is 1.13. The molecule has 0 aromatic heterocycles. The topological polar surface area (TPSA) is 89.7 Å². The van der Waals surface area contributed by atoms with Gasteiger partial charge in [0.1, 0.15) is 18.8 Å². The number of para-hydroxylation sites is 1. The molecular weight excluding hydrogens is 221 g/mol. The molecule has 0 amide bonds. The van der Waals surface area contributed by atoms with E-state index in [1.54, 1.807) is 0 Å². The number of rotatable bonds is 5. The fourth-order valence-electron chi connectivity index (χ4n) is 1.13. The zero-order chi connectivity index (χ0) is 12.1. The number of aromatic carboxylic acids is 1. The number of hydrogen-bond acceptors (Lipinski definition) is 4. The molecular formula is C9H8FNO5. The number of carbonyl (C=O) groups is 1. The minimum Gasteiger partial charge on any atom is -0.483 e. The number of halogens is 1. The van der Waals surface area contributed by atoms with Gasteiger partial charge in [0.2, 0.25) is 5.75 Å². The second kappa shape index (κ2) is 5.06. The first-order chi connectivity index (χ1) is 7.57. The average Bonchev–Trinajstić information content (AvgIpc) is 2.25. The van der Waals surface area contributed by atoms with Crippen LogP contribution in [0, 0.1) is 10.1 Å². The highest BCUT2D eigenvalue weighted by Gasteiger charge is 2.22. The Labute approximate surface area is 89.4 Å². The summed E-state index contributed by atoms with van der Waals surface area (Å²) in [5, 5.41) is 19.4. The second-order valence-corrected chi connectivity index (χ2v) is 2.75. The molecule has 0 aliphatic carbocycles. The minimum absolute atomic E-state index is 0.359. The van der Waals surface area contributed by atoms with Gasteiger partial charge in [0.25, 0.3) is 0 Å². The highest BCUT2D eigenvalue weighted by atomic mass is 19.1. The Kier molecular flexibility index (Phi) is 3.76. The third-order valence-electron chi connectivity index (χ3n) is 1.74. The molecule has 7 heteroatoms. The van der Waals surface area contributed by atoms with Crippen LogP contribution in [0.15, 0.2) is 18.2 Å². The van der Waals surface area contributed by atoms with Gasteiger partial charge in [-0.25, -0.2) is 9.18 Å². The van der Waals surface area contributed by atoms with Crippen molar-refractivity contribution in [2.45, 2.75) is 0 Å². The van der Waals surface area contributed by atoms with E-state index in [-0.39, 0.29) is 5.56 Å². The molecule has 0 spiro atoms. The van der Waals surface area contributed by atoms with Crippen molar-refractivity contribution in [2.24, 2.45) is 0 Å². The molecule has 1 N–H and O–H groups in total. The monoisotopic (exact) mass is 229 g/mol. The maximum atomic E-state index is 11.9. The molecule has 1 aromatic carbocycles. The Balaban J connectivity index is 3.23. The maximum Gasteiger partial charge on any atom is 0.339 e. The first-order valence-electron chi connectivity index (χ1n) is 4.27. The van der Waals surface area contributed by atoms with Gasteiger partial charge in [-0.1, -0.05) is 6.07 Å². The van der Waals surface area contributed by atoms with Gasteiger partial charge in [-0.3, -0.25) is 10.1 Å². The third-order valence-corrected chi connectivity index (χ3v) is 1.74. The van der Waals surface area contributed by atoms with Crippen molar-refractivity contribution in [3.63, 3.8) is 0 Å². The molecule has 16 heavy (non-hydrogen) atoms. The molecule has 6 nitrogen and oxygen atoms in total. The molecule has 86 valence electrons. The number of benzene rings is 1. The largest absolute Gasteiger partial charge is 0.483 e. The van der Waals surface area contributed by atoms with Crippen molar-refractivity contribution in [1.82, 2.24) is 0 Å². The fraction of sp³-hybridized carbons (Fsp3) is 0.222. The van der Waals surface area contributed by atoms with Crippen LogP contribution in [0.3, 0.4) is 0 Å². The van der Waals surface area contributed by atoms with E-state index in [2.05, 4.69) is 0 Å². The second-order valence-electron chi connectivity index (χ2n) is 2.75. The van der Waals surface area contributed by atoms with Crippen LogP contribution in [0.4, 0.5) is 10.1 Å². The molecule has 1 rings (SSSR count). The zero-order valence-electron chi connectivity index (χ0n) is 8.05. The van der Waals surface area contributed by atoms with Gasteiger partial charge in [-0.2, -0.15) is 0 Å². The molecule has 0 saturated heterocycles. The highest BCUT2D eigenvalue weighted by molar-refractivity contribution is 5.92. The van der Waals surface area contributed by atoms with Crippen molar-refractivity contribution >= 4 is 11.7 Å². The van der Waals surface area contributed by atoms with Crippen molar-refractivity contribution < 1.29 is 24.0 Å². The SMILES string of the molecule is O=C(O)c1cccc([N+](=O)[O-])c1OCCF. The van der Waals surface area contributed by atoms with E-state index in [9.17, 15) is 19.3 Å². The normalized spacial score (nSPS) is 9.81. The lowest BCUT2D eigenvalue weighted by atomic mass is 10.2. The van der Waals surface area contributed by atoms with Gasteiger partial charge in [-0.15, -0.1) is 0 Å². The van der Waals surface area contributed by atoms with E-state index >= 15 is 0 Å². The third kappa shape index (κ3) is 2.44. The van der Waals surface area contributed by atoms with Gasteiger partial charge in [0.15, 0.2) is 0 Å². The van der Waals surface area contributed by atoms with E-state index < -0.39 is 35.6 Å². The Morgan fingerprint density at radius 3 is 2.75 bits per heavy atom. The first kappa shape index (κ1) is 11.9. The lowest BCUT2D eigenvalue weighted by molar-refractivity contribution is -0.385. The number of alkyl halides is 1. The standard InChI is InChI=1S/C9H8FNO5/c10-4-5-16-8-6(9(12)13)2-1-3-7(8)11(14)15/h1-3H,4-5H2,(H,12,13). The summed E-state index contributed by atoms with van der Waals surface area (Å²) in [6, 6.07) is 3.48. The van der Waals surface area contributed by atoms with Crippen LogP contribution in [0.1, 0.15) is 10.4 Å². The molecule has 0 unspecified atom stereocenters. The number of nitrogens with zero attached hydrogens (tertiary/aromatic N) is 1. The van der Waals surface area contributed by atoms with Gasteiger partial charge in [-0.05, 0) is 6.07 Å². The number of carboxylic acids is 1. The van der Waals surface area contributed by atoms with E-state index in [1.807, 2.05) is 0 Å². The van der Waals surface area contributed by atoms with Crippen LogP contribution >= 0.6 is 0 Å². The quantitative estimate of drug-likeness (QED) is 0.612. The number of nitro benzene ring substituents is 1. The van der Waals surface area contributed by atoms with Gasteiger partial charge in [0.05, 0.1) is 4.92 Å². The van der Waals surface area contributed by atoms with Crippen LogP contribution in [0.25, 0.3) is 0 Å². The van der Waals surface area contributed by atoms with E-state index in [4.69, 9.17) is 9.84 Å². The maximum absolute atomic E-state index is 11.9. The number of nitro groups is 1. The summed E-state index contributed by atoms with van der Waals surface area (Å²) in [7, 11) is 0. The van der Waals surface area contributed by atoms with Gasteiger partial charge < -0.3 is 9.84 Å². The molecule has 0 radical (unpaired) electrons. The summed E-state index contributed by atoms with van der Waals surface area (Å²) in [5.74, 6) is -1.78. The lowest BCUT2D eigenvalue weighted by Gasteiger charge is -2.07. The Morgan fingerprint density at radius 1 is 1.56 bits per heavy atom. The van der Waals surface area contributed by atoms with E-state index in [0.29, 0.717) is 0 Å². The molecule has 0 bridgehead atoms. The number of carboxylic acid groups (broad SMARTS) is 1. The summed E-state index contributed by atoms with van der Waals surface area (Å²) < 4.78 is 16.6. The van der Waals surface area contributed by atoms with E-state index in [1.165, 1.54) is 6.07 Å². The predicted octanol–water partition coefficient (Wildman–Crippen LogP) is 1.64. The van der Waals surface area contributed by atoms with Crippen molar-refractivity contribution in [2.75, 3.05) is 13.3 Å². The van der Waals surface area contributed by atoms with Crippen molar-refractivity contribution in [3.05, 3.63) is 33.9 Å². The molecule has 0 heterocycles. The minimum atomic E-state index is -1.36. The molecule has 0 aliphatic heterocycles. The average molecular weight is 229 g/mol. The zero-order valence-corrected chi connectivity index (χ0v) is 8.05. The van der Waals surface area contributed by atoms with Crippen LogP contribution in [0.2, 0.25) is 0 Å². The summed E-state index contributed by atoms with van der Waals surface area (Å²) in [6.45, 7) is -1.28. The summed E-state index contributed by atoms with van der Waals surface area (Å²) in [4.78, 5) is 20.6. The van der Waals surface area contributed by atoms with Crippen LogP contribution in [0.5, 0.6) is 5.75 Å². The first-order valence-corrected chi connectivity index (χ1v) is 4.27. The lowest BCUT2D eigenvalue weighted by Crippen LogP contribution is -2.07. The predicted molar refractivity (Wildman–Crippen MR) is 51.5 cm³/mol. The summed E-state index contributed by atoms with van der Waals surface area (Å²) in [6.07, 6.45) is 0. The molecule has 0 fully saturated rings. The Hall–Kier alpha value is -2.18. The van der Waals surface area contributed by atoms with Crippen LogP contribution < -0.4 is 4.74 Å². The van der Waals surface area contributed by atoms with Crippen LogP contribution in [-0.4, -0.2) is 29.3 Å². The van der Waals surface area contributed by atoms with Gasteiger partial charge >= 0.3 is 11.7 Å². The summed E-state index contributed by atoms with van der Waals surface area (Å²) >= 11 is 0.